The van der Waals surface area contributed by atoms with E-state index in [-0.39, 0.29) is 5.75 Å². The molecule has 1 aromatic rings. The van der Waals surface area contributed by atoms with Gasteiger partial charge in [0.05, 0.1) is 0 Å². The second-order valence-electron chi connectivity index (χ2n) is 1.53. The maximum absolute atomic E-state index is 10.5. The highest BCUT2D eigenvalue weighted by molar-refractivity contribution is 6.15. The van der Waals surface area contributed by atoms with E-state index < -0.39 is 5.56 Å². The number of halogens is 1. The van der Waals surface area contributed by atoms with Crippen LogP contribution in [-0.2, 0) is 0 Å². The van der Waals surface area contributed by atoms with Crippen molar-refractivity contribution in [1.82, 2.24) is 4.09 Å². The SMILES string of the molecule is O=c1cc(O)ccn1Cl. The van der Waals surface area contributed by atoms with Gasteiger partial charge in [-0.25, -0.2) is 4.09 Å². The fourth-order valence-electron chi connectivity index (χ4n) is 0.452. The molecular weight excluding hydrogens is 142 g/mol. The van der Waals surface area contributed by atoms with Crippen molar-refractivity contribution >= 4 is 11.8 Å². The third-order valence-corrected chi connectivity index (χ3v) is 1.14. The highest BCUT2D eigenvalue weighted by atomic mass is 35.5. The van der Waals surface area contributed by atoms with Gasteiger partial charge in [-0.2, -0.15) is 0 Å². The minimum absolute atomic E-state index is 0.0723. The molecule has 0 atom stereocenters. The van der Waals surface area contributed by atoms with Crippen LogP contribution in [0.4, 0.5) is 0 Å². The summed E-state index contributed by atoms with van der Waals surface area (Å²) in [5.74, 6) is -0.0723. The number of pyridine rings is 1. The van der Waals surface area contributed by atoms with Gasteiger partial charge in [-0.05, 0) is 6.07 Å². The first-order valence-corrected chi connectivity index (χ1v) is 2.62. The summed E-state index contributed by atoms with van der Waals surface area (Å²) in [6.45, 7) is 0. The third kappa shape index (κ3) is 1.23. The molecule has 0 aliphatic rings. The molecule has 1 aromatic heterocycles. The van der Waals surface area contributed by atoms with Crippen molar-refractivity contribution in [2.24, 2.45) is 0 Å². The number of aromatic hydroxyl groups is 1. The van der Waals surface area contributed by atoms with Gasteiger partial charge in [-0.15, -0.1) is 0 Å². The van der Waals surface area contributed by atoms with Crippen LogP contribution in [-0.4, -0.2) is 9.19 Å². The Morgan fingerprint density at radius 3 is 2.78 bits per heavy atom. The molecule has 1 rings (SSSR count). The fourth-order valence-corrected chi connectivity index (χ4v) is 0.557. The molecule has 0 fully saturated rings. The Morgan fingerprint density at radius 1 is 1.67 bits per heavy atom. The lowest BCUT2D eigenvalue weighted by Gasteiger charge is -1.90. The summed E-state index contributed by atoms with van der Waals surface area (Å²) in [5, 5.41) is 8.67. The molecule has 1 N–H and O–H groups in total. The van der Waals surface area contributed by atoms with Crippen molar-refractivity contribution in [2.75, 3.05) is 0 Å². The van der Waals surface area contributed by atoms with Crippen LogP contribution in [0.1, 0.15) is 0 Å². The summed E-state index contributed by atoms with van der Waals surface area (Å²) >= 11 is 5.27. The zero-order valence-electron chi connectivity index (χ0n) is 4.41. The van der Waals surface area contributed by atoms with Crippen LogP contribution in [0, 0.1) is 0 Å². The minimum Gasteiger partial charge on any atom is -0.508 e. The first kappa shape index (κ1) is 6.16. The predicted molar refractivity (Wildman–Crippen MR) is 33.6 cm³/mol. The van der Waals surface area contributed by atoms with Crippen LogP contribution in [0.3, 0.4) is 0 Å². The van der Waals surface area contributed by atoms with Gasteiger partial charge in [0.1, 0.15) is 5.75 Å². The average molecular weight is 146 g/mol. The Hall–Kier alpha value is -0.960. The summed E-state index contributed by atoms with van der Waals surface area (Å²) in [4.78, 5) is 10.5. The third-order valence-electron chi connectivity index (χ3n) is 0.858. The van der Waals surface area contributed by atoms with Crippen molar-refractivity contribution < 1.29 is 5.11 Å². The second-order valence-corrected chi connectivity index (χ2v) is 1.90. The molecule has 0 radical (unpaired) electrons. The molecule has 0 saturated carbocycles. The van der Waals surface area contributed by atoms with Crippen LogP contribution in [0.25, 0.3) is 0 Å². The molecule has 4 heteroatoms. The van der Waals surface area contributed by atoms with Gasteiger partial charge >= 0.3 is 0 Å². The van der Waals surface area contributed by atoms with Gasteiger partial charge in [0.2, 0.25) is 0 Å². The van der Waals surface area contributed by atoms with E-state index >= 15 is 0 Å². The topological polar surface area (TPSA) is 42.2 Å². The molecule has 1 heterocycles. The quantitative estimate of drug-likeness (QED) is 0.580. The van der Waals surface area contributed by atoms with Crippen molar-refractivity contribution in [2.45, 2.75) is 0 Å². The predicted octanol–water partition coefficient (Wildman–Crippen LogP) is 0.556. The van der Waals surface area contributed by atoms with E-state index in [9.17, 15) is 4.79 Å². The fraction of sp³-hybridized carbons (Fsp3) is 0. The normalized spacial score (nSPS) is 9.44. The van der Waals surface area contributed by atoms with Gasteiger partial charge in [-0.1, -0.05) is 0 Å². The summed E-state index contributed by atoms with van der Waals surface area (Å²) in [6, 6.07) is 2.36. The molecule has 0 amide bonds. The van der Waals surface area contributed by atoms with Crippen LogP contribution in [0.15, 0.2) is 23.1 Å². The largest absolute Gasteiger partial charge is 0.508 e. The van der Waals surface area contributed by atoms with E-state index in [4.69, 9.17) is 16.9 Å². The molecule has 9 heavy (non-hydrogen) atoms. The maximum atomic E-state index is 10.5. The van der Waals surface area contributed by atoms with Gasteiger partial charge < -0.3 is 5.11 Å². The molecule has 0 bridgehead atoms. The van der Waals surface area contributed by atoms with E-state index in [0.29, 0.717) is 0 Å². The number of aromatic nitrogens is 1. The summed E-state index contributed by atoms with van der Waals surface area (Å²) in [6.07, 6.45) is 1.28. The molecule has 0 aliphatic carbocycles. The van der Waals surface area contributed by atoms with Gasteiger partial charge in [-0.3, -0.25) is 4.79 Å². The number of hydrogen-bond acceptors (Lipinski definition) is 2. The van der Waals surface area contributed by atoms with E-state index in [2.05, 4.69) is 0 Å². The van der Waals surface area contributed by atoms with E-state index in [1.807, 2.05) is 0 Å². The summed E-state index contributed by atoms with van der Waals surface area (Å²) in [7, 11) is 0. The molecule has 0 aromatic carbocycles. The van der Waals surface area contributed by atoms with Crippen molar-refractivity contribution in [3.05, 3.63) is 28.7 Å². The van der Waals surface area contributed by atoms with Crippen LogP contribution < -0.4 is 5.56 Å². The van der Waals surface area contributed by atoms with Gasteiger partial charge in [0.15, 0.2) is 0 Å². The lowest BCUT2D eigenvalue weighted by Crippen LogP contribution is -2.08. The number of nitrogens with zero attached hydrogens (tertiary/aromatic N) is 1. The van der Waals surface area contributed by atoms with Crippen molar-refractivity contribution in [1.29, 1.82) is 0 Å². The average Bonchev–Trinajstić information content (AvgIpc) is 1.80. The van der Waals surface area contributed by atoms with Crippen molar-refractivity contribution in [3.8, 4) is 5.75 Å². The number of hydrogen-bond donors (Lipinski definition) is 1. The highest BCUT2D eigenvalue weighted by Crippen LogP contribution is 2.00. The Kier molecular flexibility index (Phi) is 1.44. The smallest absolute Gasteiger partial charge is 0.268 e. The molecule has 0 unspecified atom stereocenters. The molecule has 0 aliphatic heterocycles. The molecule has 3 nitrogen and oxygen atoms in total. The lowest BCUT2D eigenvalue weighted by molar-refractivity contribution is 0.473. The van der Waals surface area contributed by atoms with Gasteiger partial charge in [0.25, 0.3) is 5.56 Å². The minimum atomic E-state index is -0.434. The Bertz CT molecular complexity index is 268. The second kappa shape index (κ2) is 2.11. The Morgan fingerprint density at radius 2 is 2.33 bits per heavy atom. The van der Waals surface area contributed by atoms with E-state index in [1.165, 1.54) is 12.3 Å². The van der Waals surface area contributed by atoms with Gasteiger partial charge in [0, 0.05) is 24.0 Å². The first-order chi connectivity index (χ1) is 4.20. The number of rotatable bonds is 0. The van der Waals surface area contributed by atoms with E-state index in [1.54, 1.807) is 0 Å². The molecule has 48 valence electrons. The van der Waals surface area contributed by atoms with Crippen LogP contribution >= 0.6 is 11.8 Å². The Labute approximate surface area is 56.2 Å². The standard InChI is InChI=1S/C5H4ClNO2/c6-7-2-1-4(8)3-5(7)9/h1-3,8H. The van der Waals surface area contributed by atoms with Crippen molar-refractivity contribution in [3.63, 3.8) is 0 Å². The summed E-state index contributed by atoms with van der Waals surface area (Å²) < 4.78 is 0.861. The zero-order valence-corrected chi connectivity index (χ0v) is 5.17. The zero-order chi connectivity index (χ0) is 6.85. The van der Waals surface area contributed by atoms with Crippen LogP contribution in [0.2, 0.25) is 0 Å². The monoisotopic (exact) mass is 145 g/mol. The van der Waals surface area contributed by atoms with E-state index in [0.717, 1.165) is 10.2 Å². The molecule has 0 saturated heterocycles. The Balaban J connectivity index is 3.34. The maximum Gasteiger partial charge on any atom is 0.268 e. The van der Waals surface area contributed by atoms with Crippen LogP contribution in [0.5, 0.6) is 5.75 Å². The molecular formula is C5H4ClNO2. The first-order valence-electron chi connectivity index (χ1n) is 2.28. The highest BCUT2D eigenvalue weighted by Gasteiger charge is 1.90. The summed E-state index contributed by atoms with van der Waals surface area (Å²) in [5.41, 5.74) is -0.434. The molecule has 0 spiro atoms. The lowest BCUT2D eigenvalue weighted by atomic mass is 10.5.